The molecular weight excluding hydrogens is 348 g/mol. The third-order valence-electron chi connectivity index (χ3n) is 4.65. The standard InChI is InChI=1S/C22H17ClO3/c1-25-17-11-12-18-19(13-17)26-22(15-7-9-16(23)10-8-15)20(21(18)24)14-5-3-2-4-6-14/h2-13,20,22H,1H3. The summed E-state index contributed by atoms with van der Waals surface area (Å²) < 4.78 is 11.6. The van der Waals surface area contributed by atoms with Crippen LogP contribution in [0.3, 0.4) is 0 Å². The quantitative estimate of drug-likeness (QED) is 0.620. The number of ether oxygens (including phenoxy) is 2. The van der Waals surface area contributed by atoms with Gasteiger partial charge in [0.25, 0.3) is 0 Å². The Morgan fingerprint density at radius 3 is 2.35 bits per heavy atom. The highest BCUT2D eigenvalue weighted by molar-refractivity contribution is 6.30. The highest BCUT2D eigenvalue weighted by Gasteiger charge is 2.39. The molecule has 2 atom stereocenters. The number of fused-ring (bicyclic) bond motifs is 1. The lowest BCUT2D eigenvalue weighted by Gasteiger charge is -2.33. The van der Waals surface area contributed by atoms with Crippen LogP contribution >= 0.6 is 11.6 Å². The number of hydrogen-bond acceptors (Lipinski definition) is 3. The zero-order valence-electron chi connectivity index (χ0n) is 14.2. The Kier molecular flexibility index (Phi) is 4.39. The first kappa shape index (κ1) is 16.7. The molecule has 0 bridgehead atoms. The van der Waals surface area contributed by atoms with Crippen molar-refractivity contribution in [2.75, 3.05) is 7.11 Å². The summed E-state index contributed by atoms with van der Waals surface area (Å²) in [6, 6.07) is 22.5. The van der Waals surface area contributed by atoms with Gasteiger partial charge >= 0.3 is 0 Å². The predicted molar refractivity (Wildman–Crippen MR) is 101 cm³/mol. The summed E-state index contributed by atoms with van der Waals surface area (Å²) in [6.45, 7) is 0. The van der Waals surface area contributed by atoms with Crippen molar-refractivity contribution in [3.63, 3.8) is 0 Å². The van der Waals surface area contributed by atoms with Gasteiger partial charge in [-0.2, -0.15) is 0 Å². The molecule has 0 radical (unpaired) electrons. The summed E-state index contributed by atoms with van der Waals surface area (Å²) in [5.74, 6) is 0.823. The Labute approximate surface area is 157 Å². The number of Topliss-reactive ketones (excluding diaryl/α,β-unsaturated/α-hetero) is 1. The van der Waals surface area contributed by atoms with Crippen molar-refractivity contribution in [1.82, 2.24) is 0 Å². The van der Waals surface area contributed by atoms with E-state index in [1.807, 2.05) is 54.6 Å². The monoisotopic (exact) mass is 364 g/mol. The van der Waals surface area contributed by atoms with Crippen molar-refractivity contribution in [2.45, 2.75) is 12.0 Å². The maximum atomic E-state index is 13.3. The smallest absolute Gasteiger partial charge is 0.178 e. The summed E-state index contributed by atoms with van der Waals surface area (Å²) in [5.41, 5.74) is 2.41. The first-order valence-electron chi connectivity index (χ1n) is 8.36. The normalized spacial score (nSPS) is 18.8. The van der Waals surface area contributed by atoms with Gasteiger partial charge in [-0.3, -0.25) is 4.79 Å². The number of benzene rings is 3. The maximum Gasteiger partial charge on any atom is 0.178 e. The Hall–Kier alpha value is -2.78. The van der Waals surface area contributed by atoms with Crippen molar-refractivity contribution >= 4 is 17.4 Å². The Morgan fingerprint density at radius 2 is 1.65 bits per heavy atom. The zero-order chi connectivity index (χ0) is 18.1. The van der Waals surface area contributed by atoms with E-state index in [1.165, 1.54) is 0 Å². The van der Waals surface area contributed by atoms with E-state index in [9.17, 15) is 4.79 Å². The molecule has 4 rings (SSSR count). The van der Waals surface area contributed by atoms with E-state index in [4.69, 9.17) is 21.1 Å². The van der Waals surface area contributed by atoms with Gasteiger partial charge in [0.15, 0.2) is 5.78 Å². The van der Waals surface area contributed by atoms with Gasteiger partial charge in [0.1, 0.15) is 17.6 Å². The van der Waals surface area contributed by atoms with Crippen LogP contribution in [-0.2, 0) is 0 Å². The molecule has 130 valence electrons. The van der Waals surface area contributed by atoms with Crippen LogP contribution in [-0.4, -0.2) is 12.9 Å². The SMILES string of the molecule is COc1ccc2c(c1)OC(c1ccc(Cl)cc1)C(c1ccccc1)C2=O. The van der Waals surface area contributed by atoms with Gasteiger partial charge in [-0.15, -0.1) is 0 Å². The highest BCUT2D eigenvalue weighted by Crippen LogP contribution is 2.45. The maximum absolute atomic E-state index is 13.3. The Bertz CT molecular complexity index is 935. The topological polar surface area (TPSA) is 35.5 Å². The third kappa shape index (κ3) is 2.95. The van der Waals surface area contributed by atoms with Crippen LogP contribution in [0.15, 0.2) is 72.8 Å². The molecule has 1 heterocycles. The van der Waals surface area contributed by atoms with Crippen LogP contribution < -0.4 is 9.47 Å². The molecule has 3 nitrogen and oxygen atoms in total. The Balaban J connectivity index is 1.85. The molecular formula is C22H17ClO3. The number of rotatable bonds is 3. The van der Waals surface area contributed by atoms with Crippen LogP contribution in [0.2, 0.25) is 5.02 Å². The minimum absolute atomic E-state index is 0.0417. The van der Waals surface area contributed by atoms with Crippen LogP contribution in [0.1, 0.15) is 33.5 Å². The second-order valence-electron chi connectivity index (χ2n) is 6.20. The molecule has 1 aliphatic rings. The first-order valence-corrected chi connectivity index (χ1v) is 8.74. The number of hydrogen-bond donors (Lipinski definition) is 0. The van der Waals surface area contributed by atoms with Crippen molar-refractivity contribution in [3.05, 3.63) is 94.5 Å². The van der Waals surface area contributed by atoms with E-state index >= 15 is 0 Å². The molecule has 0 fully saturated rings. The molecule has 0 aromatic heterocycles. The average molecular weight is 365 g/mol. The minimum Gasteiger partial charge on any atom is -0.497 e. The predicted octanol–water partition coefficient (Wildman–Crippen LogP) is 5.45. The number of halogens is 1. The Morgan fingerprint density at radius 1 is 0.923 bits per heavy atom. The molecule has 2 unspecified atom stereocenters. The molecule has 0 N–H and O–H groups in total. The molecule has 0 spiro atoms. The fourth-order valence-electron chi connectivity index (χ4n) is 3.34. The second-order valence-corrected chi connectivity index (χ2v) is 6.64. The minimum atomic E-state index is -0.429. The van der Waals surface area contributed by atoms with Crippen LogP contribution in [0.25, 0.3) is 0 Å². The molecule has 0 saturated heterocycles. The molecule has 26 heavy (non-hydrogen) atoms. The van der Waals surface area contributed by atoms with Crippen molar-refractivity contribution < 1.29 is 14.3 Å². The molecule has 0 saturated carbocycles. The van der Waals surface area contributed by atoms with E-state index in [2.05, 4.69) is 0 Å². The van der Waals surface area contributed by atoms with Crippen molar-refractivity contribution in [1.29, 1.82) is 0 Å². The summed E-state index contributed by atoms with van der Waals surface area (Å²) in [5, 5.41) is 0.647. The van der Waals surface area contributed by atoms with Gasteiger partial charge in [-0.05, 0) is 35.4 Å². The van der Waals surface area contributed by atoms with E-state index < -0.39 is 12.0 Å². The second kappa shape index (κ2) is 6.85. The van der Waals surface area contributed by atoms with Gasteiger partial charge in [0.2, 0.25) is 0 Å². The van der Waals surface area contributed by atoms with Crippen LogP contribution in [0.4, 0.5) is 0 Å². The van der Waals surface area contributed by atoms with E-state index in [-0.39, 0.29) is 5.78 Å². The number of methoxy groups -OCH3 is 1. The third-order valence-corrected chi connectivity index (χ3v) is 4.90. The van der Waals surface area contributed by atoms with E-state index in [0.29, 0.717) is 22.1 Å². The largest absolute Gasteiger partial charge is 0.497 e. The molecule has 3 aromatic rings. The van der Waals surface area contributed by atoms with Crippen LogP contribution in [0, 0.1) is 0 Å². The summed E-state index contributed by atoms with van der Waals surface area (Å²) in [6.07, 6.45) is -0.429. The van der Waals surface area contributed by atoms with Crippen molar-refractivity contribution in [3.8, 4) is 11.5 Å². The highest BCUT2D eigenvalue weighted by atomic mass is 35.5. The van der Waals surface area contributed by atoms with Crippen LogP contribution in [0.5, 0.6) is 11.5 Å². The lowest BCUT2D eigenvalue weighted by Crippen LogP contribution is -2.30. The van der Waals surface area contributed by atoms with E-state index in [0.717, 1.165) is 11.1 Å². The van der Waals surface area contributed by atoms with E-state index in [1.54, 1.807) is 25.3 Å². The fourth-order valence-corrected chi connectivity index (χ4v) is 3.47. The number of carbonyl (C=O) groups excluding carboxylic acids is 1. The average Bonchev–Trinajstić information content (AvgIpc) is 2.68. The van der Waals surface area contributed by atoms with Crippen molar-refractivity contribution in [2.24, 2.45) is 0 Å². The lowest BCUT2D eigenvalue weighted by molar-refractivity contribution is 0.0781. The first-order chi connectivity index (χ1) is 12.7. The zero-order valence-corrected chi connectivity index (χ0v) is 14.9. The molecule has 4 heteroatoms. The lowest BCUT2D eigenvalue weighted by atomic mass is 9.81. The molecule has 0 aliphatic carbocycles. The molecule has 1 aliphatic heterocycles. The number of carbonyl (C=O) groups is 1. The summed E-state index contributed by atoms with van der Waals surface area (Å²) in [4.78, 5) is 13.3. The van der Waals surface area contributed by atoms with Gasteiger partial charge in [0.05, 0.1) is 18.6 Å². The summed E-state index contributed by atoms with van der Waals surface area (Å²) >= 11 is 6.03. The molecule has 0 amide bonds. The van der Waals surface area contributed by atoms with Gasteiger partial charge in [-0.1, -0.05) is 54.1 Å². The van der Waals surface area contributed by atoms with Gasteiger partial charge < -0.3 is 9.47 Å². The van der Waals surface area contributed by atoms with Gasteiger partial charge in [-0.25, -0.2) is 0 Å². The summed E-state index contributed by atoms with van der Waals surface area (Å²) in [7, 11) is 1.59. The molecule has 3 aromatic carbocycles. The number of ketones is 1. The van der Waals surface area contributed by atoms with Gasteiger partial charge in [0, 0.05) is 11.1 Å². The fraction of sp³-hybridized carbons (Fsp3) is 0.136.